The number of nitrogens with zero attached hydrogens (tertiary/aromatic N) is 5. The highest BCUT2D eigenvalue weighted by Gasteiger charge is 2.45. The number of aliphatic carboxylic acids is 1. The molecule has 0 saturated carbocycles. The zero-order valence-electron chi connectivity index (χ0n) is 20.6. The largest absolute Gasteiger partial charge is 0.480 e. The maximum atomic E-state index is 14.5. The first kappa shape index (κ1) is 27.4. The number of thiophene rings is 1. The Morgan fingerprint density at radius 2 is 2.08 bits per heavy atom. The molecule has 2 aliphatic rings. The van der Waals surface area contributed by atoms with Crippen molar-refractivity contribution in [3.05, 3.63) is 46.7 Å². The van der Waals surface area contributed by atoms with Crippen molar-refractivity contribution in [1.82, 2.24) is 15.0 Å². The number of ether oxygens (including phenoxy) is 1. The number of piperidine rings is 1. The van der Waals surface area contributed by atoms with Crippen molar-refractivity contribution >= 4 is 40.4 Å². The van der Waals surface area contributed by atoms with Gasteiger partial charge < -0.3 is 19.6 Å². The number of hydrogen-bond acceptors (Lipinski definition) is 8. The van der Waals surface area contributed by atoms with Gasteiger partial charge in [-0.05, 0) is 30.9 Å². The van der Waals surface area contributed by atoms with Crippen LogP contribution in [0.15, 0.2) is 35.8 Å². The number of pyridine rings is 1. The minimum absolute atomic E-state index is 0.0179. The third-order valence-electron chi connectivity index (χ3n) is 6.92. The van der Waals surface area contributed by atoms with Crippen LogP contribution in [0.25, 0.3) is 10.6 Å². The summed E-state index contributed by atoms with van der Waals surface area (Å²) in [4.78, 5) is 27.8. The van der Waals surface area contributed by atoms with E-state index in [0.717, 1.165) is 0 Å². The minimum Gasteiger partial charge on any atom is -0.480 e. The van der Waals surface area contributed by atoms with Gasteiger partial charge in [0.05, 0.1) is 28.2 Å². The Morgan fingerprint density at radius 1 is 1.28 bits per heavy atom. The van der Waals surface area contributed by atoms with Gasteiger partial charge in [0, 0.05) is 31.6 Å². The Labute approximate surface area is 230 Å². The smallest absolute Gasteiger partial charge is 0.326 e. The van der Waals surface area contributed by atoms with Crippen molar-refractivity contribution in [3.63, 3.8) is 0 Å². The fourth-order valence-electron chi connectivity index (χ4n) is 4.93. The molecule has 208 valence electrons. The molecule has 2 saturated heterocycles. The standard InChI is InChI=1S/C25H24ClF4N5O3S/c1-13-25(29,30)5-3-6-34(13)17-8-14(26)11-31-23(17)38-15-9-18(24(36)37)35(12-15)20-10-16(19-4-2-7-39-19)32-22(33-20)21(27)28/h2,4,7-8,10-11,13,15,18,21H,3,5-6,9,12H2,1H3,(H,36,37)/t13?,15-,18-/m0/s1. The van der Waals surface area contributed by atoms with Gasteiger partial charge in [-0.3, -0.25) is 0 Å². The maximum Gasteiger partial charge on any atom is 0.326 e. The first-order chi connectivity index (χ1) is 18.5. The number of halogens is 5. The third kappa shape index (κ3) is 5.60. The molecular formula is C25H24ClF4N5O3S. The van der Waals surface area contributed by atoms with E-state index in [1.807, 2.05) is 0 Å². The van der Waals surface area contributed by atoms with Gasteiger partial charge in [-0.25, -0.2) is 37.3 Å². The summed E-state index contributed by atoms with van der Waals surface area (Å²) in [6, 6.07) is 4.16. The molecule has 0 spiro atoms. The van der Waals surface area contributed by atoms with E-state index in [-0.39, 0.29) is 53.9 Å². The molecule has 0 radical (unpaired) electrons. The molecule has 0 aromatic carbocycles. The predicted octanol–water partition coefficient (Wildman–Crippen LogP) is 5.93. The molecular weight excluding hydrogens is 562 g/mol. The third-order valence-corrected chi connectivity index (χ3v) is 8.01. The SMILES string of the molecule is CC1N(c2cc(Cl)cnc2O[C@H]2C[C@@H](C(=O)O)N(c3cc(-c4cccs4)nc(C(F)F)n3)C2)CCCC1(F)F. The van der Waals surface area contributed by atoms with Crippen LogP contribution in [0.4, 0.5) is 29.1 Å². The van der Waals surface area contributed by atoms with E-state index in [4.69, 9.17) is 16.3 Å². The van der Waals surface area contributed by atoms with Gasteiger partial charge in [-0.15, -0.1) is 11.3 Å². The van der Waals surface area contributed by atoms with Crippen LogP contribution >= 0.6 is 22.9 Å². The van der Waals surface area contributed by atoms with Gasteiger partial charge in [0.15, 0.2) is 5.82 Å². The van der Waals surface area contributed by atoms with Crippen LogP contribution in [0.5, 0.6) is 5.88 Å². The molecule has 3 aromatic heterocycles. The lowest BCUT2D eigenvalue weighted by molar-refractivity contribution is -0.138. The highest BCUT2D eigenvalue weighted by Crippen LogP contribution is 2.41. The van der Waals surface area contributed by atoms with Crippen LogP contribution in [0, 0.1) is 0 Å². The molecule has 1 unspecified atom stereocenters. The summed E-state index contributed by atoms with van der Waals surface area (Å²) in [7, 11) is 0. The quantitative estimate of drug-likeness (QED) is 0.341. The molecule has 5 rings (SSSR count). The topological polar surface area (TPSA) is 91.7 Å². The number of rotatable bonds is 7. The zero-order chi connectivity index (χ0) is 27.9. The van der Waals surface area contributed by atoms with E-state index in [0.29, 0.717) is 11.4 Å². The van der Waals surface area contributed by atoms with Crippen LogP contribution in [0.3, 0.4) is 0 Å². The van der Waals surface area contributed by atoms with Gasteiger partial charge in [0.25, 0.3) is 12.3 Å². The second-order valence-corrected chi connectivity index (χ2v) is 10.8. The number of aromatic nitrogens is 3. The van der Waals surface area contributed by atoms with Crippen LogP contribution in [0.1, 0.15) is 38.4 Å². The fraction of sp³-hybridized carbons (Fsp3) is 0.440. The number of hydrogen-bond donors (Lipinski definition) is 1. The maximum absolute atomic E-state index is 14.5. The first-order valence-corrected chi connectivity index (χ1v) is 13.5. The van der Waals surface area contributed by atoms with Crippen molar-refractivity contribution in [2.75, 3.05) is 22.9 Å². The van der Waals surface area contributed by atoms with E-state index in [9.17, 15) is 27.5 Å². The summed E-state index contributed by atoms with van der Waals surface area (Å²) >= 11 is 7.45. The molecule has 2 fully saturated rings. The molecule has 3 aromatic rings. The normalized spacial score (nSPS) is 22.9. The summed E-state index contributed by atoms with van der Waals surface area (Å²) in [6.45, 7) is 1.74. The van der Waals surface area contributed by atoms with Crippen molar-refractivity contribution < 1.29 is 32.2 Å². The molecule has 5 heterocycles. The molecule has 0 bridgehead atoms. The fourth-order valence-corrected chi connectivity index (χ4v) is 5.77. The highest BCUT2D eigenvalue weighted by molar-refractivity contribution is 7.13. The van der Waals surface area contributed by atoms with Gasteiger partial charge in [0.2, 0.25) is 5.88 Å². The monoisotopic (exact) mass is 585 g/mol. The summed E-state index contributed by atoms with van der Waals surface area (Å²) in [5, 5.41) is 11.9. The number of carboxylic acids is 1. The Balaban J connectivity index is 1.45. The number of alkyl halides is 4. The van der Waals surface area contributed by atoms with Crippen molar-refractivity contribution in [2.24, 2.45) is 0 Å². The highest BCUT2D eigenvalue weighted by atomic mass is 35.5. The van der Waals surface area contributed by atoms with Gasteiger partial charge in [-0.2, -0.15) is 0 Å². The summed E-state index contributed by atoms with van der Waals surface area (Å²) in [6.07, 6.45) is -2.40. The zero-order valence-corrected chi connectivity index (χ0v) is 22.2. The lowest BCUT2D eigenvalue weighted by atomic mass is 9.98. The van der Waals surface area contributed by atoms with E-state index >= 15 is 0 Å². The minimum atomic E-state index is -2.97. The number of carbonyl (C=O) groups is 1. The Morgan fingerprint density at radius 3 is 2.77 bits per heavy atom. The Kier molecular flexibility index (Phi) is 7.55. The van der Waals surface area contributed by atoms with Crippen LogP contribution in [-0.4, -0.2) is 63.2 Å². The molecule has 3 atom stereocenters. The van der Waals surface area contributed by atoms with E-state index in [2.05, 4.69) is 15.0 Å². The van der Waals surface area contributed by atoms with Gasteiger partial charge >= 0.3 is 5.97 Å². The molecule has 0 amide bonds. The summed E-state index contributed by atoms with van der Waals surface area (Å²) in [5.74, 6) is -4.77. The van der Waals surface area contributed by atoms with Crippen LogP contribution < -0.4 is 14.5 Å². The predicted molar refractivity (Wildman–Crippen MR) is 138 cm³/mol. The average Bonchev–Trinajstić information content (AvgIpc) is 3.57. The second-order valence-electron chi connectivity index (χ2n) is 9.44. The molecule has 39 heavy (non-hydrogen) atoms. The second kappa shape index (κ2) is 10.8. The van der Waals surface area contributed by atoms with Gasteiger partial charge in [0.1, 0.15) is 23.7 Å². The molecule has 14 heteroatoms. The van der Waals surface area contributed by atoms with Crippen molar-refractivity contribution in [3.8, 4) is 16.5 Å². The lowest BCUT2D eigenvalue weighted by Gasteiger charge is -2.41. The number of anilines is 2. The molecule has 1 N–H and O–H groups in total. The number of carboxylic acid groups (broad SMARTS) is 1. The average molecular weight is 586 g/mol. The van der Waals surface area contributed by atoms with E-state index in [1.165, 1.54) is 46.4 Å². The van der Waals surface area contributed by atoms with Crippen LogP contribution in [0.2, 0.25) is 5.02 Å². The first-order valence-electron chi connectivity index (χ1n) is 12.2. The Hall–Kier alpha value is -3.19. The molecule has 2 aliphatic heterocycles. The van der Waals surface area contributed by atoms with Crippen LogP contribution in [-0.2, 0) is 4.79 Å². The lowest BCUT2D eigenvalue weighted by Crippen LogP contribution is -2.51. The van der Waals surface area contributed by atoms with E-state index in [1.54, 1.807) is 17.5 Å². The molecule has 0 aliphatic carbocycles. The van der Waals surface area contributed by atoms with Crippen molar-refractivity contribution in [2.45, 2.75) is 56.7 Å². The van der Waals surface area contributed by atoms with E-state index < -0.39 is 42.3 Å². The Bertz CT molecular complexity index is 1350. The molecule has 8 nitrogen and oxygen atoms in total. The van der Waals surface area contributed by atoms with Gasteiger partial charge in [-0.1, -0.05) is 17.7 Å². The summed E-state index contributed by atoms with van der Waals surface area (Å²) in [5.41, 5.74) is 0.530. The summed E-state index contributed by atoms with van der Waals surface area (Å²) < 4.78 is 62.4. The van der Waals surface area contributed by atoms with Crippen molar-refractivity contribution in [1.29, 1.82) is 0 Å².